The van der Waals surface area contributed by atoms with E-state index in [4.69, 9.17) is 20.8 Å². The van der Waals surface area contributed by atoms with Crippen LogP contribution in [0.4, 0.5) is 0 Å². The third kappa shape index (κ3) is 4.06. The summed E-state index contributed by atoms with van der Waals surface area (Å²) in [7, 11) is 0. The predicted molar refractivity (Wildman–Crippen MR) is 96.3 cm³/mol. The Morgan fingerprint density at radius 1 is 1.23 bits per heavy atom. The standard InChI is InChI=1S/C20H17ClO5/c1-12-16-6-5-15(25-11-13-3-2-4-14(21)9-13)10-18(16)26-20(24)17(12)7-8-19(22)23/h2-6,9-10H,7-8,11H2,1H3,(H,22,23)/p-1. The summed E-state index contributed by atoms with van der Waals surface area (Å²) in [5, 5.41) is 12.0. The minimum Gasteiger partial charge on any atom is -0.550 e. The smallest absolute Gasteiger partial charge is 0.339 e. The lowest BCUT2D eigenvalue weighted by Gasteiger charge is -2.10. The molecule has 26 heavy (non-hydrogen) atoms. The maximum absolute atomic E-state index is 12.2. The SMILES string of the molecule is Cc1c(CCC(=O)[O-])c(=O)oc2cc(OCc3cccc(Cl)c3)ccc12. The summed E-state index contributed by atoms with van der Waals surface area (Å²) in [6.45, 7) is 2.11. The minimum atomic E-state index is -1.20. The molecule has 0 aliphatic carbocycles. The predicted octanol–water partition coefficient (Wildman–Crippen LogP) is 3.02. The molecule has 3 rings (SSSR count). The number of carboxylic acids is 1. The molecular formula is C20H16ClO5-. The van der Waals surface area contributed by atoms with Crippen LogP contribution in [-0.2, 0) is 17.8 Å². The molecule has 0 saturated heterocycles. The zero-order valence-electron chi connectivity index (χ0n) is 14.1. The monoisotopic (exact) mass is 371 g/mol. The average Bonchev–Trinajstić information content (AvgIpc) is 2.59. The molecule has 2 aromatic carbocycles. The van der Waals surface area contributed by atoms with E-state index in [1.165, 1.54) is 0 Å². The first-order valence-corrected chi connectivity index (χ1v) is 8.45. The molecule has 0 unspecified atom stereocenters. The molecule has 0 radical (unpaired) electrons. The number of benzene rings is 2. The molecule has 0 saturated carbocycles. The highest BCUT2D eigenvalue weighted by Crippen LogP contribution is 2.25. The number of carbonyl (C=O) groups is 1. The van der Waals surface area contributed by atoms with Crippen molar-refractivity contribution in [3.05, 3.63) is 74.6 Å². The molecule has 1 aromatic heterocycles. The van der Waals surface area contributed by atoms with Gasteiger partial charge in [-0.25, -0.2) is 4.79 Å². The van der Waals surface area contributed by atoms with Gasteiger partial charge in [-0.2, -0.15) is 0 Å². The number of aliphatic carboxylic acids is 1. The van der Waals surface area contributed by atoms with Crippen LogP contribution in [0.3, 0.4) is 0 Å². The minimum absolute atomic E-state index is 0.0828. The van der Waals surface area contributed by atoms with Gasteiger partial charge in [0.2, 0.25) is 0 Å². The molecule has 0 atom stereocenters. The number of ether oxygens (including phenoxy) is 1. The van der Waals surface area contributed by atoms with Gasteiger partial charge >= 0.3 is 5.63 Å². The third-order valence-corrected chi connectivity index (χ3v) is 4.37. The van der Waals surface area contributed by atoms with Crippen molar-refractivity contribution in [3.63, 3.8) is 0 Å². The first-order chi connectivity index (χ1) is 12.4. The van der Waals surface area contributed by atoms with Gasteiger partial charge in [0, 0.05) is 28.0 Å². The van der Waals surface area contributed by atoms with Gasteiger partial charge in [-0.3, -0.25) is 0 Å². The number of fused-ring (bicyclic) bond motifs is 1. The van der Waals surface area contributed by atoms with Crippen molar-refractivity contribution >= 4 is 28.5 Å². The van der Waals surface area contributed by atoms with E-state index in [1.54, 1.807) is 31.2 Å². The number of hydrogen-bond acceptors (Lipinski definition) is 5. The molecule has 0 fully saturated rings. The molecule has 0 bridgehead atoms. The second-order valence-corrected chi connectivity index (χ2v) is 6.38. The van der Waals surface area contributed by atoms with Crippen molar-refractivity contribution in [1.29, 1.82) is 0 Å². The Morgan fingerprint density at radius 2 is 2.04 bits per heavy atom. The van der Waals surface area contributed by atoms with Gasteiger partial charge < -0.3 is 19.1 Å². The van der Waals surface area contributed by atoms with E-state index >= 15 is 0 Å². The van der Waals surface area contributed by atoms with Crippen LogP contribution in [-0.4, -0.2) is 5.97 Å². The van der Waals surface area contributed by atoms with Gasteiger partial charge in [0.1, 0.15) is 17.9 Å². The van der Waals surface area contributed by atoms with Gasteiger partial charge in [0.15, 0.2) is 0 Å². The molecule has 0 spiro atoms. The van der Waals surface area contributed by atoms with Crippen LogP contribution in [0.15, 0.2) is 51.7 Å². The first-order valence-electron chi connectivity index (χ1n) is 8.07. The maximum atomic E-state index is 12.2. The fourth-order valence-electron chi connectivity index (χ4n) is 2.77. The van der Waals surface area contributed by atoms with Gasteiger partial charge in [-0.1, -0.05) is 23.7 Å². The molecule has 0 aliphatic rings. The van der Waals surface area contributed by atoms with E-state index in [0.29, 0.717) is 34.1 Å². The number of rotatable bonds is 6. The van der Waals surface area contributed by atoms with E-state index in [0.717, 1.165) is 10.9 Å². The number of hydrogen-bond donors (Lipinski definition) is 0. The van der Waals surface area contributed by atoms with Gasteiger partial charge in [0.25, 0.3) is 0 Å². The Hall–Kier alpha value is -2.79. The lowest BCUT2D eigenvalue weighted by Crippen LogP contribution is -2.24. The molecule has 1 heterocycles. The highest BCUT2D eigenvalue weighted by Gasteiger charge is 2.12. The summed E-state index contributed by atoms with van der Waals surface area (Å²) in [4.78, 5) is 22.8. The third-order valence-electron chi connectivity index (χ3n) is 4.13. The van der Waals surface area contributed by atoms with Crippen LogP contribution in [0.1, 0.15) is 23.1 Å². The summed E-state index contributed by atoms with van der Waals surface area (Å²) >= 11 is 5.95. The topological polar surface area (TPSA) is 79.6 Å². The molecule has 6 heteroatoms. The number of carboxylic acid groups (broad SMARTS) is 1. The van der Waals surface area contributed by atoms with Crippen molar-refractivity contribution in [3.8, 4) is 5.75 Å². The largest absolute Gasteiger partial charge is 0.550 e. The zero-order valence-corrected chi connectivity index (χ0v) is 14.8. The molecular weight excluding hydrogens is 356 g/mol. The Labute approximate surface area is 154 Å². The van der Waals surface area contributed by atoms with Crippen molar-refractivity contribution in [2.75, 3.05) is 0 Å². The molecule has 134 valence electrons. The quantitative estimate of drug-likeness (QED) is 0.622. The average molecular weight is 372 g/mol. The Kier molecular flexibility index (Phi) is 5.28. The number of aryl methyl sites for hydroxylation is 1. The van der Waals surface area contributed by atoms with Crippen LogP contribution >= 0.6 is 11.6 Å². The lowest BCUT2D eigenvalue weighted by atomic mass is 10.0. The second-order valence-electron chi connectivity index (χ2n) is 5.94. The summed E-state index contributed by atoms with van der Waals surface area (Å²) < 4.78 is 11.1. The van der Waals surface area contributed by atoms with Gasteiger partial charge in [0.05, 0.1) is 0 Å². The van der Waals surface area contributed by atoms with Gasteiger partial charge in [-0.15, -0.1) is 0 Å². The Balaban J connectivity index is 1.85. The van der Waals surface area contributed by atoms with Crippen molar-refractivity contribution < 1.29 is 19.1 Å². The van der Waals surface area contributed by atoms with E-state index in [2.05, 4.69) is 0 Å². The van der Waals surface area contributed by atoms with E-state index in [9.17, 15) is 14.7 Å². The fourth-order valence-corrected chi connectivity index (χ4v) is 2.99. The van der Waals surface area contributed by atoms with Gasteiger partial charge in [-0.05, 0) is 55.2 Å². The lowest BCUT2D eigenvalue weighted by molar-refractivity contribution is -0.305. The molecule has 0 N–H and O–H groups in total. The molecule has 5 nitrogen and oxygen atoms in total. The van der Waals surface area contributed by atoms with E-state index in [1.807, 2.05) is 18.2 Å². The second kappa shape index (κ2) is 7.62. The van der Waals surface area contributed by atoms with Crippen molar-refractivity contribution in [2.24, 2.45) is 0 Å². The van der Waals surface area contributed by atoms with Crippen LogP contribution < -0.4 is 15.5 Å². The molecule has 3 aromatic rings. The fraction of sp³-hybridized carbons (Fsp3) is 0.200. The van der Waals surface area contributed by atoms with Crippen molar-refractivity contribution in [2.45, 2.75) is 26.4 Å². The summed E-state index contributed by atoms with van der Waals surface area (Å²) in [5.41, 5.74) is 1.84. The van der Waals surface area contributed by atoms with E-state index in [-0.39, 0.29) is 12.8 Å². The van der Waals surface area contributed by atoms with Crippen LogP contribution in [0, 0.1) is 6.92 Å². The zero-order chi connectivity index (χ0) is 18.7. The number of halogens is 1. The highest BCUT2D eigenvalue weighted by atomic mass is 35.5. The normalized spacial score (nSPS) is 10.8. The molecule has 0 amide bonds. The summed E-state index contributed by atoms with van der Waals surface area (Å²) in [6, 6.07) is 12.6. The van der Waals surface area contributed by atoms with Crippen LogP contribution in [0.25, 0.3) is 11.0 Å². The Bertz CT molecular complexity index is 1020. The van der Waals surface area contributed by atoms with E-state index < -0.39 is 11.6 Å². The maximum Gasteiger partial charge on any atom is 0.339 e. The summed E-state index contributed by atoms with van der Waals surface area (Å²) in [5.74, 6) is -0.642. The molecule has 0 aliphatic heterocycles. The van der Waals surface area contributed by atoms with Crippen LogP contribution in [0.2, 0.25) is 5.02 Å². The van der Waals surface area contributed by atoms with Crippen LogP contribution in [0.5, 0.6) is 5.75 Å². The number of carbonyl (C=O) groups excluding carboxylic acids is 1. The highest BCUT2D eigenvalue weighted by molar-refractivity contribution is 6.30. The van der Waals surface area contributed by atoms with Crippen molar-refractivity contribution in [1.82, 2.24) is 0 Å². The Morgan fingerprint density at radius 3 is 2.77 bits per heavy atom. The first kappa shape index (κ1) is 18.0. The summed E-state index contributed by atoms with van der Waals surface area (Å²) in [6.07, 6.45) is -0.141.